The Kier molecular flexibility index (Phi) is 9.63. The van der Waals surface area contributed by atoms with Gasteiger partial charge in [-0.05, 0) is 0 Å². The molecule has 1 aliphatic rings. The van der Waals surface area contributed by atoms with Gasteiger partial charge in [-0.15, -0.1) is 0 Å². The third-order valence-electron chi connectivity index (χ3n) is 6.27. The number of carbonyl (C=O) groups is 2. The van der Waals surface area contributed by atoms with Gasteiger partial charge in [0.15, 0.2) is 0 Å². The minimum absolute atomic E-state index is 0.992. The van der Waals surface area contributed by atoms with Gasteiger partial charge < -0.3 is 57.8 Å². The smallest absolute Gasteiger partial charge is 0.401 e. The second-order valence-corrected chi connectivity index (χ2v) is 14.0. The Hall–Kier alpha value is -0.896. The van der Waals surface area contributed by atoms with Gasteiger partial charge in [0.2, 0.25) is 11.7 Å². The van der Waals surface area contributed by atoms with E-state index in [2.05, 4.69) is 0 Å². The first kappa shape index (κ1) is 29.1. The highest BCUT2D eigenvalue weighted by Crippen LogP contribution is 2.43. The molecular formula is C14H30B2O14Si2. The quantitative estimate of drug-likeness (QED) is 0.158. The Bertz CT molecular complexity index is 596. The average molecular weight is 500 g/mol. The molecule has 6 N–H and O–H groups in total. The number of aliphatic hydroxyl groups excluding tert-OH is 4. The lowest BCUT2D eigenvalue weighted by molar-refractivity contribution is -0.140. The molecule has 0 bridgehead atoms. The van der Waals surface area contributed by atoms with Crippen LogP contribution in [0, 0.1) is 0 Å². The maximum atomic E-state index is 11.7. The molecule has 1 fully saturated rings. The molecule has 1 aliphatic heterocycles. The van der Waals surface area contributed by atoms with Crippen LogP contribution in [0.25, 0.3) is 0 Å². The van der Waals surface area contributed by atoms with Crippen molar-refractivity contribution in [3.63, 3.8) is 0 Å². The third kappa shape index (κ3) is 4.08. The first-order valence-electron chi connectivity index (χ1n) is 9.29. The first-order valence-corrected chi connectivity index (χ1v) is 13.2. The van der Waals surface area contributed by atoms with Crippen LogP contribution in [0.5, 0.6) is 0 Å². The van der Waals surface area contributed by atoms with Crippen molar-refractivity contribution in [1.82, 2.24) is 0 Å². The first-order chi connectivity index (χ1) is 14.8. The molecule has 0 aromatic rings. The molecule has 1 heterocycles. The Morgan fingerprint density at radius 2 is 0.844 bits per heavy atom. The van der Waals surface area contributed by atoms with Crippen molar-refractivity contribution in [2.24, 2.45) is 0 Å². The highest BCUT2D eigenvalue weighted by molar-refractivity contribution is 6.85. The molecule has 0 aliphatic carbocycles. The summed E-state index contributed by atoms with van der Waals surface area (Å²) < 4.78 is 32.2. The summed E-state index contributed by atoms with van der Waals surface area (Å²) in [6.45, 7) is 0. The fraction of sp³-hybridized carbons (Fsp3) is 0.857. The van der Waals surface area contributed by atoms with Gasteiger partial charge in [0, 0.05) is 42.7 Å². The van der Waals surface area contributed by atoms with Crippen LogP contribution in [0.15, 0.2) is 0 Å². The van der Waals surface area contributed by atoms with Crippen LogP contribution < -0.4 is 0 Å². The van der Waals surface area contributed by atoms with Crippen LogP contribution >= 0.6 is 0 Å². The van der Waals surface area contributed by atoms with Crippen LogP contribution in [-0.2, 0) is 27.2 Å². The molecule has 0 amide bonds. The monoisotopic (exact) mass is 500 g/mol. The van der Waals surface area contributed by atoms with Gasteiger partial charge in [-0.1, -0.05) is 0 Å². The van der Waals surface area contributed by atoms with Gasteiger partial charge in [-0.25, -0.2) is 0 Å². The third-order valence-corrected chi connectivity index (χ3v) is 13.8. The summed E-state index contributed by atoms with van der Waals surface area (Å²) in [6, 6.07) is 0. The van der Waals surface area contributed by atoms with Crippen molar-refractivity contribution in [2.45, 2.75) is 33.9 Å². The zero-order valence-corrected chi connectivity index (χ0v) is 20.7. The lowest BCUT2D eigenvalue weighted by Crippen LogP contribution is -2.89. The summed E-state index contributed by atoms with van der Waals surface area (Å²) in [5.74, 6) is -3.05. The molecule has 18 heteroatoms. The summed E-state index contributed by atoms with van der Waals surface area (Å²) in [5.41, 5.74) is -13.6. The SMILES string of the molecule is COC1(BC(=O)O)C(O)[Si](OC)(OC)C(O)C(BC(=O)O)(OC)C(O)[Si](OC)(OC)C1O. The number of rotatable bonds is 10. The number of aliphatic hydroxyl groups is 4. The van der Waals surface area contributed by atoms with Gasteiger partial charge in [0.1, 0.15) is 33.9 Å². The van der Waals surface area contributed by atoms with Crippen molar-refractivity contribution in [3.05, 3.63) is 0 Å². The van der Waals surface area contributed by atoms with Crippen molar-refractivity contribution >= 4 is 43.4 Å². The minimum Gasteiger partial charge on any atom is -0.489 e. The van der Waals surface area contributed by atoms with E-state index in [1.165, 1.54) is 0 Å². The van der Waals surface area contributed by atoms with E-state index >= 15 is 0 Å². The van der Waals surface area contributed by atoms with Crippen molar-refractivity contribution in [1.29, 1.82) is 0 Å². The van der Waals surface area contributed by atoms with E-state index < -0.39 is 77.3 Å². The summed E-state index contributed by atoms with van der Waals surface area (Å²) >= 11 is 0. The second-order valence-electron chi connectivity index (χ2n) is 7.33. The molecule has 1 rings (SSSR count). The van der Waals surface area contributed by atoms with Crippen molar-refractivity contribution < 1.29 is 67.4 Å². The van der Waals surface area contributed by atoms with Crippen molar-refractivity contribution in [3.8, 4) is 0 Å². The molecule has 0 saturated carbocycles. The standard InChI is InChI=1S/C14H30B2O14Si2/c1-25-13(15-11(21)22)7(17)31(27-3,28-4)9(19)14(26-2,16-12(23)24)10(20)32(29-5,30-6)8(13)18/h7-10,15-20H,1-6H3,(H,21,22)(H,23,24). The summed E-state index contributed by atoms with van der Waals surface area (Å²) in [7, 11) is -5.22. The molecule has 0 aromatic carbocycles. The second kappa shape index (κ2) is 10.6. The molecule has 1 saturated heterocycles. The van der Waals surface area contributed by atoms with Gasteiger partial charge >= 0.3 is 31.7 Å². The Labute approximate surface area is 187 Å². The van der Waals surface area contributed by atoms with E-state index in [1.807, 2.05) is 0 Å². The normalized spacial score (nSPS) is 36.6. The molecule has 0 aromatic heterocycles. The van der Waals surface area contributed by atoms with E-state index in [9.17, 15) is 40.2 Å². The molecule has 0 spiro atoms. The largest absolute Gasteiger partial charge is 0.489 e. The number of ether oxygens (including phenoxy) is 2. The van der Waals surface area contributed by atoms with E-state index in [-0.39, 0.29) is 0 Å². The van der Waals surface area contributed by atoms with Crippen LogP contribution in [-0.4, -0.2) is 151 Å². The molecule has 184 valence electrons. The Balaban J connectivity index is 4.18. The number of hydrogen-bond donors (Lipinski definition) is 6. The van der Waals surface area contributed by atoms with E-state index in [0.717, 1.165) is 42.7 Å². The maximum Gasteiger partial charge on any atom is 0.401 e. The van der Waals surface area contributed by atoms with Gasteiger partial charge in [0.05, 0.1) is 0 Å². The fourth-order valence-electron chi connectivity index (χ4n) is 4.47. The predicted octanol–water partition coefficient (Wildman–Crippen LogP) is -4.02. The summed E-state index contributed by atoms with van der Waals surface area (Å²) in [6.07, 6.45) is 0. The average Bonchev–Trinajstić information content (AvgIpc) is 2.76. The molecule has 4 unspecified atom stereocenters. The lowest BCUT2D eigenvalue weighted by Gasteiger charge is -2.57. The molecular weight excluding hydrogens is 470 g/mol. The molecule has 0 radical (unpaired) electrons. The predicted molar refractivity (Wildman–Crippen MR) is 113 cm³/mol. The highest BCUT2D eigenvalue weighted by Gasteiger charge is 2.78. The Morgan fingerprint density at radius 3 is 0.969 bits per heavy atom. The van der Waals surface area contributed by atoms with E-state index in [0.29, 0.717) is 0 Å². The summed E-state index contributed by atoms with van der Waals surface area (Å²) in [4.78, 5) is 23.5. The fourth-order valence-corrected chi connectivity index (χ4v) is 11.8. The molecule has 14 nitrogen and oxygen atoms in total. The summed E-state index contributed by atoms with van der Waals surface area (Å²) in [5, 5.41) is 64.8. The van der Waals surface area contributed by atoms with Gasteiger partial charge in [0.25, 0.3) is 0 Å². The minimum atomic E-state index is -4.61. The zero-order valence-electron chi connectivity index (χ0n) is 18.7. The van der Waals surface area contributed by atoms with Crippen LogP contribution in [0.2, 0.25) is 0 Å². The molecule has 4 atom stereocenters. The molecule has 32 heavy (non-hydrogen) atoms. The zero-order chi connectivity index (χ0) is 25.1. The maximum absolute atomic E-state index is 11.7. The van der Waals surface area contributed by atoms with Crippen molar-refractivity contribution in [2.75, 3.05) is 42.7 Å². The Morgan fingerprint density at radius 1 is 0.625 bits per heavy atom. The number of carboxylic acid groups (broad SMARTS) is 2. The number of methoxy groups -OCH3 is 2. The van der Waals surface area contributed by atoms with Gasteiger partial charge in [-0.3, -0.25) is 9.59 Å². The highest BCUT2D eigenvalue weighted by atomic mass is 28.4. The van der Waals surface area contributed by atoms with Crippen LogP contribution in [0.1, 0.15) is 0 Å². The van der Waals surface area contributed by atoms with E-state index in [4.69, 9.17) is 27.2 Å². The van der Waals surface area contributed by atoms with Gasteiger partial charge in [-0.2, -0.15) is 0 Å². The number of hydrogen-bond acceptors (Lipinski definition) is 12. The van der Waals surface area contributed by atoms with Crippen LogP contribution in [0.3, 0.4) is 0 Å². The topological polar surface area (TPSA) is 211 Å². The lowest BCUT2D eigenvalue weighted by atomic mass is 9.60. The van der Waals surface area contributed by atoms with E-state index in [1.54, 1.807) is 0 Å². The van der Waals surface area contributed by atoms with Crippen LogP contribution in [0.4, 0.5) is 9.59 Å².